The number of ether oxygens (including phenoxy) is 1. The van der Waals surface area contributed by atoms with Gasteiger partial charge in [-0.25, -0.2) is 4.39 Å². The Morgan fingerprint density at radius 2 is 1.77 bits per heavy atom. The molecule has 2 aromatic carbocycles. The number of carbonyl (C=O) groups is 1. The third-order valence-corrected chi connectivity index (χ3v) is 3.49. The van der Waals surface area contributed by atoms with Crippen LogP contribution in [-0.4, -0.2) is 21.1 Å². The highest BCUT2D eigenvalue weighted by atomic mass is 19.1. The minimum absolute atomic E-state index is 0.0685. The van der Waals surface area contributed by atoms with E-state index >= 15 is 0 Å². The van der Waals surface area contributed by atoms with Gasteiger partial charge in [0.05, 0.1) is 5.56 Å². The van der Waals surface area contributed by atoms with Crippen LogP contribution in [0, 0.1) is 5.82 Å². The predicted octanol–water partition coefficient (Wildman–Crippen LogP) is 2.95. The van der Waals surface area contributed by atoms with E-state index in [1.54, 1.807) is 6.92 Å². The van der Waals surface area contributed by atoms with E-state index in [-0.39, 0.29) is 17.1 Å². The molecule has 0 fully saturated rings. The largest absolute Gasteiger partial charge is 0.505 e. The lowest BCUT2D eigenvalue weighted by Crippen LogP contribution is -2.02. The first kappa shape index (κ1) is 13.9. The first-order valence-corrected chi connectivity index (χ1v) is 6.37. The van der Waals surface area contributed by atoms with Crippen LogP contribution in [0.2, 0.25) is 0 Å². The minimum Gasteiger partial charge on any atom is -0.505 e. The first-order valence-electron chi connectivity index (χ1n) is 6.37. The van der Waals surface area contributed by atoms with Gasteiger partial charge in [-0.1, -0.05) is 6.07 Å². The topological polar surface area (TPSA) is 87.0 Å². The summed E-state index contributed by atoms with van der Waals surface area (Å²) in [5.74, 6) is -2.91. The number of rotatable bonds is 1. The van der Waals surface area contributed by atoms with Crippen molar-refractivity contribution >= 4 is 11.4 Å². The standard InChI is InChI=1S/C16H11FO5/c1-7(8-2-4-11(18)10(17)6-8)15-13(20)9-3-5-12(19)14(21)16(9)22-15/h2-6,18-19,21H,1H3. The molecule has 6 heteroatoms. The molecule has 0 radical (unpaired) electrons. The highest BCUT2D eigenvalue weighted by molar-refractivity contribution is 6.16. The average molecular weight is 302 g/mol. The van der Waals surface area contributed by atoms with E-state index in [0.717, 1.165) is 6.07 Å². The molecule has 112 valence electrons. The molecule has 3 rings (SSSR count). The van der Waals surface area contributed by atoms with Gasteiger partial charge < -0.3 is 20.1 Å². The Kier molecular flexibility index (Phi) is 3.02. The second-order valence-corrected chi connectivity index (χ2v) is 4.86. The Balaban J connectivity index is 2.11. The van der Waals surface area contributed by atoms with Crippen LogP contribution < -0.4 is 4.74 Å². The van der Waals surface area contributed by atoms with Gasteiger partial charge >= 0.3 is 0 Å². The van der Waals surface area contributed by atoms with Crippen LogP contribution in [0.1, 0.15) is 22.8 Å². The van der Waals surface area contributed by atoms with Gasteiger partial charge in [0.25, 0.3) is 0 Å². The molecule has 1 aliphatic heterocycles. The van der Waals surface area contributed by atoms with Crippen LogP contribution in [0.4, 0.5) is 4.39 Å². The van der Waals surface area contributed by atoms with Crippen LogP contribution in [0.25, 0.3) is 5.57 Å². The van der Waals surface area contributed by atoms with Gasteiger partial charge in [-0.2, -0.15) is 0 Å². The van der Waals surface area contributed by atoms with Crippen molar-refractivity contribution in [1.29, 1.82) is 0 Å². The van der Waals surface area contributed by atoms with Gasteiger partial charge in [0.15, 0.2) is 28.8 Å². The summed E-state index contributed by atoms with van der Waals surface area (Å²) in [6.07, 6.45) is 0. The minimum atomic E-state index is -0.819. The van der Waals surface area contributed by atoms with Crippen molar-refractivity contribution in [1.82, 2.24) is 0 Å². The Bertz CT molecular complexity index is 839. The van der Waals surface area contributed by atoms with Crippen molar-refractivity contribution in [3.63, 3.8) is 0 Å². The predicted molar refractivity (Wildman–Crippen MR) is 75.4 cm³/mol. The summed E-state index contributed by atoms with van der Waals surface area (Å²) in [6, 6.07) is 6.22. The van der Waals surface area contributed by atoms with Crippen LogP contribution in [0.5, 0.6) is 23.0 Å². The second-order valence-electron chi connectivity index (χ2n) is 4.86. The number of halogens is 1. The van der Waals surface area contributed by atoms with Gasteiger partial charge in [-0.05, 0) is 36.8 Å². The lowest BCUT2D eigenvalue weighted by Gasteiger charge is -2.07. The van der Waals surface area contributed by atoms with Crippen molar-refractivity contribution in [2.45, 2.75) is 6.92 Å². The number of allylic oxidation sites excluding steroid dienone is 2. The third-order valence-electron chi connectivity index (χ3n) is 3.49. The van der Waals surface area contributed by atoms with Crippen LogP contribution in [0.15, 0.2) is 36.1 Å². The van der Waals surface area contributed by atoms with Gasteiger partial charge in [-0.15, -0.1) is 0 Å². The van der Waals surface area contributed by atoms with Gasteiger partial charge in [0, 0.05) is 5.57 Å². The number of benzene rings is 2. The van der Waals surface area contributed by atoms with Gasteiger partial charge in [0.2, 0.25) is 11.5 Å². The summed E-state index contributed by atoms with van der Waals surface area (Å²) in [7, 11) is 0. The van der Waals surface area contributed by atoms with Gasteiger partial charge in [0.1, 0.15) is 0 Å². The Morgan fingerprint density at radius 3 is 2.45 bits per heavy atom. The van der Waals surface area contributed by atoms with Crippen molar-refractivity contribution < 1.29 is 29.2 Å². The van der Waals surface area contributed by atoms with Crippen LogP contribution in [0.3, 0.4) is 0 Å². The lowest BCUT2D eigenvalue weighted by molar-refractivity contribution is 0.101. The number of Topliss-reactive ketones (excluding diaryl/α,β-unsaturated/α-hetero) is 1. The molecule has 0 aliphatic carbocycles. The van der Waals surface area contributed by atoms with Gasteiger partial charge in [-0.3, -0.25) is 4.79 Å². The molecule has 3 N–H and O–H groups in total. The number of fused-ring (bicyclic) bond motifs is 1. The number of aromatic hydroxyl groups is 3. The Hall–Kier alpha value is -3.02. The van der Waals surface area contributed by atoms with Crippen molar-refractivity contribution in [3.8, 4) is 23.0 Å². The molecule has 5 nitrogen and oxygen atoms in total. The number of carbonyl (C=O) groups excluding carboxylic acids is 1. The second kappa shape index (κ2) is 4.77. The van der Waals surface area contributed by atoms with E-state index in [1.165, 1.54) is 24.3 Å². The summed E-state index contributed by atoms with van der Waals surface area (Å²) >= 11 is 0. The zero-order chi connectivity index (χ0) is 16.0. The molecule has 0 bridgehead atoms. The van der Waals surface area contributed by atoms with Crippen molar-refractivity contribution in [3.05, 3.63) is 53.0 Å². The molecule has 0 amide bonds. The molecule has 0 spiro atoms. The highest BCUT2D eigenvalue weighted by Gasteiger charge is 2.33. The molecule has 2 aromatic rings. The maximum absolute atomic E-state index is 13.4. The SMILES string of the molecule is CC(=C1Oc2c(ccc(O)c2O)C1=O)c1ccc(O)c(F)c1. The molecule has 0 unspecified atom stereocenters. The first-order chi connectivity index (χ1) is 10.4. The number of ketones is 1. The highest BCUT2D eigenvalue weighted by Crippen LogP contribution is 2.45. The average Bonchev–Trinajstić information content (AvgIpc) is 2.83. The molecule has 1 heterocycles. The summed E-state index contributed by atoms with van der Waals surface area (Å²) in [5.41, 5.74) is 0.818. The summed E-state index contributed by atoms with van der Waals surface area (Å²) in [4.78, 5) is 12.3. The molecule has 0 saturated carbocycles. The lowest BCUT2D eigenvalue weighted by atomic mass is 10.0. The smallest absolute Gasteiger partial charge is 0.232 e. The summed E-state index contributed by atoms with van der Waals surface area (Å²) < 4.78 is 18.8. The van der Waals surface area contributed by atoms with Crippen LogP contribution >= 0.6 is 0 Å². The molecule has 22 heavy (non-hydrogen) atoms. The van der Waals surface area contributed by atoms with E-state index < -0.39 is 28.8 Å². The fourth-order valence-electron chi connectivity index (χ4n) is 2.23. The molecule has 0 atom stereocenters. The van der Waals surface area contributed by atoms with Crippen molar-refractivity contribution in [2.75, 3.05) is 0 Å². The quantitative estimate of drug-likeness (QED) is 0.557. The molecule has 0 aromatic heterocycles. The van der Waals surface area contributed by atoms with E-state index in [0.29, 0.717) is 11.1 Å². The fraction of sp³-hybridized carbons (Fsp3) is 0.0625. The Morgan fingerprint density at radius 1 is 1.09 bits per heavy atom. The number of hydrogen-bond acceptors (Lipinski definition) is 5. The molecule has 0 saturated heterocycles. The third kappa shape index (κ3) is 1.96. The van der Waals surface area contributed by atoms with Crippen LogP contribution in [-0.2, 0) is 0 Å². The normalized spacial score (nSPS) is 15.5. The van der Waals surface area contributed by atoms with Crippen molar-refractivity contribution in [2.24, 2.45) is 0 Å². The number of phenols is 3. The fourth-order valence-corrected chi connectivity index (χ4v) is 2.23. The maximum Gasteiger partial charge on any atom is 0.232 e. The van der Waals surface area contributed by atoms with E-state index in [4.69, 9.17) is 4.74 Å². The number of phenolic OH excluding ortho intramolecular Hbond substituents is 3. The van der Waals surface area contributed by atoms with E-state index in [1.807, 2.05) is 0 Å². The number of hydrogen-bond donors (Lipinski definition) is 3. The maximum atomic E-state index is 13.4. The monoisotopic (exact) mass is 302 g/mol. The van der Waals surface area contributed by atoms with E-state index in [9.17, 15) is 24.5 Å². The molecular formula is C16H11FO5. The summed E-state index contributed by atoms with van der Waals surface area (Å²) in [6.45, 7) is 1.56. The zero-order valence-electron chi connectivity index (χ0n) is 11.4. The Labute approximate surface area is 124 Å². The summed E-state index contributed by atoms with van der Waals surface area (Å²) in [5, 5.41) is 28.4. The zero-order valence-corrected chi connectivity index (χ0v) is 11.4. The molecule has 1 aliphatic rings. The van der Waals surface area contributed by atoms with E-state index in [2.05, 4.69) is 0 Å². The molecular weight excluding hydrogens is 291 g/mol.